The van der Waals surface area contributed by atoms with Gasteiger partial charge < -0.3 is 15.6 Å². The second-order valence-corrected chi connectivity index (χ2v) is 4.73. The first-order valence-electron chi connectivity index (χ1n) is 6.21. The summed E-state index contributed by atoms with van der Waals surface area (Å²) in [5.41, 5.74) is 5.61. The van der Waals surface area contributed by atoms with Crippen LogP contribution in [0, 0.1) is 5.41 Å². The Kier molecular flexibility index (Phi) is 5.58. The van der Waals surface area contributed by atoms with Gasteiger partial charge in [0.2, 0.25) is 0 Å². The maximum atomic E-state index is 10.1. The monoisotopic (exact) mass is 215 g/mol. The van der Waals surface area contributed by atoms with E-state index >= 15 is 0 Å². The lowest BCUT2D eigenvalue weighted by Crippen LogP contribution is -2.42. The van der Waals surface area contributed by atoms with Crippen molar-refractivity contribution in [1.29, 1.82) is 0 Å². The van der Waals surface area contributed by atoms with Gasteiger partial charge in [-0.05, 0) is 12.8 Å². The minimum atomic E-state index is -0.276. The van der Waals surface area contributed by atoms with Crippen molar-refractivity contribution in [3.8, 4) is 0 Å². The largest absolute Gasteiger partial charge is 0.392 e. The highest BCUT2D eigenvalue weighted by atomic mass is 16.5. The maximum absolute atomic E-state index is 10.1. The van der Waals surface area contributed by atoms with Gasteiger partial charge >= 0.3 is 0 Å². The van der Waals surface area contributed by atoms with Crippen molar-refractivity contribution < 1.29 is 9.84 Å². The normalized spacial score (nSPS) is 28.2. The molecule has 1 saturated heterocycles. The van der Waals surface area contributed by atoms with Crippen LogP contribution in [0.3, 0.4) is 0 Å². The zero-order chi connectivity index (χ0) is 11.1. The molecular weight excluding hydrogens is 190 g/mol. The molecule has 0 aliphatic carbocycles. The number of unbranched alkanes of at least 4 members (excludes halogenated alkanes) is 3. The van der Waals surface area contributed by atoms with E-state index < -0.39 is 0 Å². The van der Waals surface area contributed by atoms with E-state index in [2.05, 4.69) is 6.92 Å². The molecule has 0 amide bonds. The summed E-state index contributed by atoms with van der Waals surface area (Å²) in [5, 5.41) is 10.1. The maximum Gasteiger partial charge on any atom is 0.0631 e. The molecule has 90 valence electrons. The molecule has 0 aromatic carbocycles. The molecule has 1 rings (SSSR count). The minimum absolute atomic E-state index is 0.147. The number of aliphatic hydroxyl groups excluding tert-OH is 1. The number of ether oxygens (including phenoxy) is 1. The van der Waals surface area contributed by atoms with Crippen LogP contribution in [-0.2, 0) is 4.74 Å². The van der Waals surface area contributed by atoms with E-state index in [9.17, 15) is 5.11 Å². The molecule has 0 aromatic heterocycles. The van der Waals surface area contributed by atoms with E-state index in [0.717, 1.165) is 25.9 Å². The predicted molar refractivity (Wildman–Crippen MR) is 61.7 cm³/mol. The summed E-state index contributed by atoms with van der Waals surface area (Å²) >= 11 is 0. The average molecular weight is 215 g/mol. The number of nitrogens with two attached hydrogens (primary N) is 1. The summed E-state index contributed by atoms with van der Waals surface area (Å²) in [6.45, 7) is 4.13. The Balaban J connectivity index is 2.27. The third-order valence-corrected chi connectivity index (χ3v) is 3.58. The summed E-state index contributed by atoms with van der Waals surface area (Å²) in [4.78, 5) is 0. The smallest absolute Gasteiger partial charge is 0.0631 e. The Morgan fingerprint density at radius 3 is 2.73 bits per heavy atom. The van der Waals surface area contributed by atoms with Crippen molar-refractivity contribution in [2.75, 3.05) is 19.8 Å². The van der Waals surface area contributed by atoms with Gasteiger partial charge in [0.15, 0.2) is 0 Å². The summed E-state index contributed by atoms with van der Waals surface area (Å²) < 4.78 is 5.36. The van der Waals surface area contributed by atoms with Crippen LogP contribution in [0.15, 0.2) is 0 Å². The zero-order valence-corrected chi connectivity index (χ0v) is 9.87. The van der Waals surface area contributed by atoms with E-state index in [-0.39, 0.29) is 11.5 Å². The van der Waals surface area contributed by atoms with Crippen LogP contribution >= 0.6 is 0 Å². The van der Waals surface area contributed by atoms with Gasteiger partial charge in [0.25, 0.3) is 0 Å². The standard InChI is InChI=1S/C12H25NO2/c1-2-3-4-5-6-11(14)12(9-13)7-8-15-10-12/h11,14H,2-10,13H2,1H3. The third-order valence-electron chi connectivity index (χ3n) is 3.58. The number of rotatable bonds is 7. The van der Waals surface area contributed by atoms with E-state index in [1.54, 1.807) is 0 Å². The number of aliphatic hydroxyl groups is 1. The Labute approximate surface area is 93.0 Å². The number of hydrogen-bond donors (Lipinski definition) is 2. The summed E-state index contributed by atoms with van der Waals surface area (Å²) in [6.07, 6.45) is 6.34. The molecule has 1 heterocycles. The van der Waals surface area contributed by atoms with E-state index in [0.29, 0.717) is 13.2 Å². The molecule has 3 nitrogen and oxygen atoms in total. The van der Waals surface area contributed by atoms with Crippen molar-refractivity contribution in [3.63, 3.8) is 0 Å². The fraction of sp³-hybridized carbons (Fsp3) is 1.00. The van der Waals surface area contributed by atoms with E-state index in [4.69, 9.17) is 10.5 Å². The Hall–Kier alpha value is -0.120. The number of hydrogen-bond acceptors (Lipinski definition) is 3. The van der Waals surface area contributed by atoms with Crippen molar-refractivity contribution >= 4 is 0 Å². The van der Waals surface area contributed by atoms with Gasteiger partial charge in [0.1, 0.15) is 0 Å². The first kappa shape index (κ1) is 12.9. The molecule has 1 fully saturated rings. The van der Waals surface area contributed by atoms with Crippen molar-refractivity contribution in [3.05, 3.63) is 0 Å². The molecule has 0 spiro atoms. The highest BCUT2D eigenvalue weighted by molar-refractivity contribution is 4.90. The Morgan fingerprint density at radius 1 is 1.40 bits per heavy atom. The molecule has 2 unspecified atom stereocenters. The highest BCUT2D eigenvalue weighted by Crippen LogP contribution is 2.33. The summed E-state index contributed by atoms with van der Waals surface area (Å²) in [7, 11) is 0. The molecular formula is C12H25NO2. The molecule has 1 aliphatic heterocycles. The van der Waals surface area contributed by atoms with Crippen LogP contribution < -0.4 is 5.73 Å². The summed E-state index contributed by atoms with van der Waals surface area (Å²) in [5.74, 6) is 0. The van der Waals surface area contributed by atoms with Crippen LogP contribution in [0.2, 0.25) is 0 Å². The molecule has 0 radical (unpaired) electrons. The van der Waals surface area contributed by atoms with Crippen molar-refractivity contribution in [2.45, 2.75) is 51.6 Å². The molecule has 15 heavy (non-hydrogen) atoms. The van der Waals surface area contributed by atoms with Gasteiger partial charge in [0, 0.05) is 18.6 Å². The molecule has 3 N–H and O–H groups in total. The van der Waals surface area contributed by atoms with Gasteiger partial charge in [-0.3, -0.25) is 0 Å². The van der Waals surface area contributed by atoms with Gasteiger partial charge in [-0.1, -0.05) is 32.6 Å². The Morgan fingerprint density at radius 2 is 2.20 bits per heavy atom. The first-order valence-corrected chi connectivity index (χ1v) is 6.21. The topological polar surface area (TPSA) is 55.5 Å². The van der Waals surface area contributed by atoms with Crippen LogP contribution in [-0.4, -0.2) is 31.0 Å². The van der Waals surface area contributed by atoms with Gasteiger partial charge in [0.05, 0.1) is 12.7 Å². The molecule has 0 saturated carbocycles. The fourth-order valence-electron chi connectivity index (χ4n) is 2.25. The first-order chi connectivity index (χ1) is 7.25. The predicted octanol–water partition coefficient (Wildman–Crippen LogP) is 1.68. The zero-order valence-electron chi connectivity index (χ0n) is 9.87. The quantitative estimate of drug-likeness (QED) is 0.635. The van der Waals surface area contributed by atoms with Crippen LogP contribution in [0.1, 0.15) is 45.4 Å². The van der Waals surface area contributed by atoms with Gasteiger partial charge in [-0.2, -0.15) is 0 Å². The van der Waals surface area contributed by atoms with E-state index in [1.807, 2.05) is 0 Å². The highest BCUT2D eigenvalue weighted by Gasteiger charge is 2.39. The molecule has 3 heteroatoms. The van der Waals surface area contributed by atoms with Crippen LogP contribution in [0.4, 0.5) is 0 Å². The lowest BCUT2D eigenvalue weighted by Gasteiger charge is -2.31. The molecule has 1 aliphatic rings. The molecule has 0 bridgehead atoms. The van der Waals surface area contributed by atoms with E-state index in [1.165, 1.54) is 19.3 Å². The van der Waals surface area contributed by atoms with Gasteiger partial charge in [-0.15, -0.1) is 0 Å². The fourth-order valence-corrected chi connectivity index (χ4v) is 2.25. The third kappa shape index (κ3) is 3.44. The lowest BCUT2D eigenvalue weighted by atomic mass is 9.79. The Bertz CT molecular complexity index is 167. The second kappa shape index (κ2) is 6.46. The average Bonchev–Trinajstić information content (AvgIpc) is 2.74. The lowest BCUT2D eigenvalue weighted by molar-refractivity contribution is 0.0133. The van der Waals surface area contributed by atoms with Crippen LogP contribution in [0.25, 0.3) is 0 Å². The second-order valence-electron chi connectivity index (χ2n) is 4.73. The van der Waals surface area contributed by atoms with Crippen LogP contribution in [0.5, 0.6) is 0 Å². The minimum Gasteiger partial charge on any atom is -0.392 e. The summed E-state index contributed by atoms with van der Waals surface area (Å²) in [6, 6.07) is 0. The van der Waals surface area contributed by atoms with Crippen molar-refractivity contribution in [1.82, 2.24) is 0 Å². The molecule has 0 aromatic rings. The van der Waals surface area contributed by atoms with Crippen molar-refractivity contribution in [2.24, 2.45) is 11.1 Å². The molecule has 2 atom stereocenters. The van der Waals surface area contributed by atoms with Gasteiger partial charge in [-0.25, -0.2) is 0 Å². The SMILES string of the molecule is CCCCCCC(O)C1(CN)CCOC1.